The largest absolute Gasteiger partial charge is 0.330 e. The van der Waals surface area contributed by atoms with Crippen molar-refractivity contribution in [3.8, 4) is 0 Å². The maximum atomic E-state index is 12.8. The van der Waals surface area contributed by atoms with Crippen LogP contribution in [-0.2, 0) is 13.6 Å². The van der Waals surface area contributed by atoms with Gasteiger partial charge in [0.15, 0.2) is 5.78 Å². The van der Waals surface area contributed by atoms with E-state index in [1.165, 1.54) is 0 Å². The van der Waals surface area contributed by atoms with Crippen molar-refractivity contribution in [3.05, 3.63) is 35.9 Å². The van der Waals surface area contributed by atoms with Gasteiger partial charge in [-0.15, -0.1) is 0 Å². The van der Waals surface area contributed by atoms with Gasteiger partial charge in [0.25, 0.3) is 0 Å². The second-order valence-electron chi connectivity index (χ2n) is 6.06. The zero-order chi connectivity index (χ0) is 17.5. The molecule has 5 heteroatoms. The molecule has 0 radical (unpaired) electrons. The summed E-state index contributed by atoms with van der Waals surface area (Å²) in [6.07, 6.45) is 0.270. The number of hydrogen-bond donors (Lipinski definition) is 0. The Morgan fingerprint density at radius 3 is 2.00 bits per heavy atom. The van der Waals surface area contributed by atoms with Crippen LogP contribution in [0.25, 0.3) is 0 Å². The van der Waals surface area contributed by atoms with Crippen molar-refractivity contribution >= 4 is 13.4 Å². The normalized spacial score (nSPS) is 14.7. The molecule has 0 aliphatic rings. The third-order valence-electron chi connectivity index (χ3n) is 4.06. The van der Waals surface area contributed by atoms with Crippen LogP contribution >= 0.6 is 7.60 Å². The van der Waals surface area contributed by atoms with Crippen molar-refractivity contribution in [2.45, 2.75) is 34.6 Å². The van der Waals surface area contributed by atoms with E-state index in [2.05, 4.69) is 0 Å². The molecule has 0 aliphatic heterocycles. The summed E-state index contributed by atoms with van der Waals surface area (Å²) in [5.74, 6) is -0.0333. The van der Waals surface area contributed by atoms with Crippen LogP contribution in [0, 0.1) is 17.8 Å². The predicted octanol–water partition coefficient (Wildman–Crippen LogP) is 5.04. The molecule has 0 amide bonds. The number of carbonyl (C=O) groups excluding carboxylic acids is 1. The van der Waals surface area contributed by atoms with E-state index in [0.29, 0.717) is 18.8 Å². The minimum absolute atomic E-state index is 0.0633. The van der Waals surface area contributed by atoms with E-state index < -0.39 is 7.60 Å². The summed E-state index contributed by atoms with van der Waals surface area (Å²) in [4.78, 5) is 12.7. The molecule has 0 unspecified atom stereocenters. The number of Topliss-reactive ketones (excluding diaryl/α,β-unsaturated/α-hetero) is 1. The van der Waals surface area contributed by atoms with Crippen LogP contribution in [0.1, 0.15) is 45.0 Å². The monoisotopic (exact) mass is 340 g/mol. The fourth-order valence-electron chi connectivity index (χ4n) is 2.80. The van der Waals surface area contributed by atoms with Gasteiger partial charge in [-0.25, -0.2) is 0 Å². The molecule has 2 atom stereocenters. The SMILES string of the molecule is CCOP(=O)(C[C@H](C(C)C)[C@H](C)C(=O)c1ccccc1)OCC. The fraction of sp³-hybridized carbons (Fsp3) is 0.611. The van der Waals surface area contributed by atoms with Crippen LogP contribution in [-0.4, -0.2) is 25.2 Å². The van der Waals surface area contributed by atoms with Crippen molar-refractivity contribution in [2.75, 3.05) is 19.4 Å². The van der Waals surface area contributed by atoms with Crippen molar-refractivity contribution < 1.29 is 18.4 Å². The van der Waals surface area contributed by atoms with E-state index in [1.807, 2.05) is 51.1 Å². The van der Waals surface area contributed by atoms with E-state index in [4.69, 9.17) is 9.05 Å². The molecule has 0 heterocycles. The van der Waals surface area contributed by atoms with Gasteiger partial charge in [0, 0.05) is 11.5 Å². The molecule has 1 aromatic rings. The Balaban J connectivity index is 2.97. The van der Waals surface area contributed by atoms with Gasteiger partial charge in [0.05, 0.1) is 19.4 Å². The quantitative estimate of drug-likeness (QED) is 0.442. The first-order valence-electron chi connectivity index (χ1n) is 8.32. The summed E-state index contributed by atoms with van der Waals surface area (Å²) in [5, 5.41) is 0. The van der Waals surface area contributed by atoms with E-state index >= 15 is 0 Å². The molecular weight excluding hydrogens is 311 g/mol. The molecule has 0 N–H and O–H groups in total. The molecule has 0 spiro atoms. The third-order valence-corrected chi connectivity index (χ3v) is 6.23. The number of rotatable bonds is 10. The predicted molar refractivity (Wildman–Crippen MR) is 94.0 cm³/mol. The van der Waals surface area contributed by atoms with Crippen molar-refractivity contribution in [1.82, 2.24) is 0 Å². The summed E-state index contributed by atoms with van der Waals surface area (Å²) in [6, 6.07) is 9.24. The average molecular weight is 340 g/mol. The summed E-state index contributed by atoms with van der Waals surface area (Å²) >= 11 is 0. The van der Waals surface area contributed by atoms with Gasteiger partial charge in [-0.05, 0) is 25.7 Å². The highest BCUT2D eigenvalue weighted by atomic mass is 31.2. The second kappa shape index (κ2) is 9.36. The molecule has 0 aromatic heterocycles. The standard InChI is InChI=1S/C18H29O4P/c1-6-21-23(20,22-7-2)13-17(14(3)4)15(5)18(19)16-11-9-8-10-12-16/h8-12,14-15,17H,6-7,13H2,1-5H3/t15-,17+/m0/s1. The maximum absolute atomic E-state index is 12.8. The first-order valence-corrected chi connectivity index (χ1v) is 10.0. The molecule has 1 aromatic carbocycles. The van der Waals surface area contributed by atoms with Crippen LogP contribution in [0.4, 0.5) is 0 Å². The zero-order valence-electron chi connectivity index (χ0n) is 14.8. The Kier molecular flexibility index (Phi) is 8.18. The lowest BCUT2D eigenvalue weighted by atomic mass is 9.81. The molecule has 0 fully saturated rings. The number of benzene rings is 1. The van der Waals surface area contributed by atoms with Gasteiger partial charge in [-0.1, -0.05) is 51.1 Å². The van der Waals surface area contributed by atoms with Gasteiger partial charge in [-0.2, -0.15) is 0 Å². The molecule has 0 saturated carbocycles. The average Bonchev–Trinajstić information content (AvgIpc) is 2.52. The number of ketones is 1. The van der Waals surface area contributed by atoms with Crippen molar-refractivity contribution in [1.29, 1.82) is 0 Å². The lowest BCUT2D eigenvalue weighted by molar-refractivity contribution is 0.0867. The lowest BCUT2D eigenvalue weighted by Gasteiger charge is -2.29. The summed E-state index contributed by atoms with van der Waals surface area (Å²) in [7, 11) is -3.17. The van der Waals surface area contributed by atoms with Crippen LogP contribution in [0.15, 0.2) is 30.3 Å². The van der Waals surface area contributed by atoms with Crippen LogP contribution in [0.2, 0.25) is 0 Å². The zero-order valence-corrected chi connectivity index (χ0v) is 15.7. The Morgan fingerprint density at radius 1 is 1.04 bits per heavy atom. The molecule has 23 heavy (non-hydrogen) atoms. The molecule has 130 valence electrons. The Bertz CT molecular complexity index is 517. The first-order chi connectivity index (χ1) is 10.8. The maximum Gasteiger partial charge on any atom is 0.330 e. The summed E-state index contributed by atoms with van der Waals surface area (Å²) in [5.41, 5.74) is 0.688. The van der Waals surface area contributed by atoms with Gasteiger partial charge in [-0.3, -0.25) is 9.36 Å². The van der Waals surface area contributed by atoms with E-state index in [-0.39, 0.29) is 29.7 Å². The van der Waals surface area contributed by atoms with E-state index in [0.717, 1.165) is 0 Å². The number of hydrogen-bond acceptors (Lipinski definition) is 4. The molecule has 4 nitrogen and oxygen atoms in total. The molecule has 0 aliphatic carbocycles. The van der Waals surface area contributed by atoms with Crippen molar-refractivity contribution in [3.63, 3.8) is 0 Å². The van der Waals surface area contributed by atoms with Crippen LogP contribution in [0.5, 0.6) is 0 Å². The molecule has 0 saturated heterocycles. The van der Waals surface area contributed by atoms with E-state index in [1.54, 1.807) is 13.8 Å². The number of carbonyl (C=O) groups is 1. The Hall–Kier alpha value is -0.960. The van der Waals surface area contributed by atoms with E-state index in [9.17, 15) is 9.36 Å². The molecule has 0 bridgehead atoms. The lowest BCUT2D eigenvalue weighted by Crippen LogP contribution is -2.29. The molecule has 1 rings (SSSR count). The van der Waals surface area contributed by atoms with Gasteiger partial charge in [0.2, 0.25) is 0 Å². The summed E-state index contributed by atoms with van der Waals surface area (Å²) < 4.78 is 23.7. The highest BCUT2D eigenvalue weighted by molar-refractivity contribution is 7.53. The smallest absolute Gasteiger partial charge is 0.309 e. The van der Waals surface area contributed by atoms with Crippen molar-refractivity contribution in [2.24, 2.45) is 17.8 Å². The van der Waals surface area contributed by atoms with Crippen LogP contribution < -0.4 is 0 Å². The highest BCUT2D eigenvalue weighted by Crippen LogP contribution is 2.51. The summed E-state index contributed by atoms with van der Waals surface area (Å²) in [6.45, 7) is 10.3. The Morgan fingerprint density at radius 2 is 1.57 bits per heavy atom. The fourth-order valence-corrected chi connectivity index (χ4v) is 5.13. The first kappa shape index (κ1) is 20.1. The minimum Gasteiger partial charge on any atom is -0.309 e. The second-order valence-corrected chi connectivity index (χ2v) is 8.16. The van der Waals surface area contributed by atoms with Gasteiger partial charge < -0.3 is 9.05 Å². The Labute approximate surface area is 140 Å². The van der Waals surface area contributed by atoms with Gasteiger partial charge in [0.1, 0.15) is 0 Å². The topological polar surface area (TPSA) is 52.6 Å². The minimum atomic E-state index is -3.17. The van der Waals surface area contributed by atoms with Crippen LogP contribution in [0.3, 0.4) is 0 Å². The highest BCUT2D eigenvalue weighted by Gasteiger charge is 2.35. The van der Waals surface area contributed by atoms with Gasteiger partial charge >= 0.3 is 7.60 Å². The third kappa shape index (κ3) is 5.87. The molecular formula is C18H29O4P.